The van der Waals surface area contributed by atoms with Crippen LogP contribution in [0.25, 0.3) is 0 Å². The Morgan fingerprint density at radius 1 is 1.08 bits per heavy atom. The van der Waals surface area contributed by atoms with E-state index in [0.29, 0.717) is 12.5 Å². The van der Waals surface area contributed by atoms with Gasteiger partial charge in [-0.2, -0.15) is 0 Å². The fourth-order valence-corrected chi connectivity index (χ4v) is 4.11. The highest BCUT2D eigenvalue weighted by Crippen LogP contribution is 2.30. The molecular weight excluding hydrogens is 372 g/mol. The summed E-state index contributed by atoms with van der Waals surface area (Å²) in [5.74, 6) is 0.0769. The van der Waals surface area contributed by atoms with Crippen LogP contribution in [0.1, 0.15) is 20.3 Å². The molecule has 2 aromatic rings. The van der Waals surface area contributed by atoms with Gasteiger partial charge in [-0.1, -0.05) is 55.8 Å². The van der Waals surface area contributed by atoms with Crippen molar-refractivity contribution in [3.05, 3.63) is 59.6 Å². The molecule has 2 rings (SSSR count). The van der Waals surface area contributed by atoms with Crippen LogP contribution in [0, 0.1) is 5.92 Å². The van der Waals surface area contributed by atoms with E-state index in [-0.39, 0.29) is 28.1 Å². The lowest BCUT2D eigenvalue weighted by molar-refractivity contribution is -0.119. The molecular formula is C19H23ClN2O3S. The first-order valence-electron chi connectivity index (χ1n) is 8.41. The Labute approximate surface area is 160 Å². The van der Waals surface area contributed by atoms with E-state index in [9.17, 15) is 13.2 Å². The molecule has 140 valence electrons. The first-order valence-corrected chi connectivity index (χ1v) is 10.2. The number of rotatable bonds is 8. The van der Waals surface area contributed by atoms with Crippen LogP contribution < -0.4 is 9.62 Å². The van der Waals surface area contributed by atoms with Gasteiger partial charge in [0, 0.05) is 6.54 Å². The van der Waals surface area contributed by atoms with Gasteiger partial charge < -0.3 is 5.32 Å². The number of para-hydroxylation sites is 1. The molecule has 0 saturated carbocycles. The van der Waals surface area contributed by atoms with Crippen LogP contribution in [0.2, 0.25) is 5.02 Å². The molecule has 0 saturated heterocycles. The second-order valence-electron chi connectivity index (χ2n) is 6.31. The summed E-state index contributed by atoms with van der Waals surface area (Å²) in [6.45, 7) is 4.28. The smallest absolute Gasteiger partial charge is 0.264 e. The molecule has 0 aliphatic carbocycles. The van der Waals surface area contributed by atoms with Crippen LogP contribution >= 0.6 is 11.6 Å². The number of nitrogens with one attached hydrogen (secondary N) is 1. The Hall–Kier alpha value is -2.05. The van der Waals surface area contributed by atoms with Crippen molar-refractivity contribution in [1.29, 1.82) is 0 Å². The van der Waals surface area contributed by atoms with Crippen molar-refractivity contribution in [2.24, 2.45) is 5.92 Å². The summed E-state index contributed by atoms with van der Waals surface area (Å²) in [6, 6.07) is 14.6. The number of anilines is 1. The number of benzene rings is 2. The van der Waals surface area contributed by atoms with Gasteiger partial charge in [-0.25, -0.2) is 8.42 Å². The minimum Gasteiger partial charge on any atom is -0.355 e. The predicted octanol–water partition coefficient (Wildman–Crippen LogP) is 3.70. The van der Waals surface area contributed by atoms with Crippen molar-refractivity contribution in [2.45, 2.75) is 25.2 Å². The zero-order chi connectivity index (χ0) is 19.2. The van der Waals surface area contributed by atoms with E-state index in [4.69, 9.17) is 11.6 Å². The number of nitrogens with zero attached hydrogens (tertiary/aromatic N) is 1. The van der Waals surface area contributed by atoms with Gasteiger partial charge in [-0.3, -0.25) is 9.10 Å². The maximum absolute atomic E-state index is 13.1. The SMILES string of the molecule is CC(C)CCNC(=O)CN(c1ccccc1Cl)S(=O)(=O)c1ccccc1. The standard InChI is InChI=1S/C19H23ClN2O3S/c1-15(2)12-13-21-19(23)14-22(18-11-7-6-10-17(18)20)26(24,25)16-8-4-3-5-9-16/h3-11,15H,12-14H2,1-2H3,(H,21,23). The largest absolute Gasteiger partial charge is 0.355 e. The summed E-state index contributed by atoms with van der Waals surface area (Å²) in [4.78, 5) is 12.4. The molecule has 0 aromatic heterocycles. The maximum atomic E-state index is 13.1. The molecule has 0 heterocycles. The van der Waals surface area contributed by atoms with E-state index in [1.54, 1.807) is 42.5 Å². The molecule has 0 fully saturated rings. The molecule has 0 aliphatic rings. The zero-order valence-corrected chi connectivity index (χ0v) is 16.4. The van der Waals surface area contributed by atoms with Crippen molar-refractivity contribution in [1.82, 2.24) is 5.32 Å². The molecule has 0 unspecified atom stereocenters. The van der Waals surface area contributed by atoms with Crippen LogP contribution in [-0.4, -0.2) is 27.4 Å². The molecule has 7 heteroatoms. The topological polar surface area (TPSA) is 66.5 Å². The van der Waals surface area contributed by atoms with Gasteiger partial charge in [0.1, 0.15) is 6.54 Å². The van der Waals surface area contributed by atoms with Crippen molar-refractivity contribution in [2.75, 3.05) is 17.4 Å². The van der Waals surface area contributed by atoms with Gasteiger partial charge in [0.05, 0.1) is 15.6 Å². The highest BCUT2D eigenvalue weighted by molar-refractivity contribution is 7.92. The number of sulfonamides is 1. The van der Waals surface area contributed by atoms with Gasteiger partial charge in [0.15, 0.2) is 0 Å². The number of hydrogen-bond donors (Lipinski definition) is 1. The third-order valence-electron chi connectivity index (χ3n) is 3.78. The fraction of sp³-hybridized carbons (Fsp3) is 0.316. The molecule has 0 bridgehead atoms. The first-order chi connectivity index (χ1) is 12.3. The number of carbonyl (C=O) groups is 1. The van der Waals surface area contributed by atoms with E-state index in [1.165, 1.54) is 12.1 Å². The van der Waals surface area contributed by atoms with Crippen LogP contribution in [-0.2, 0) is 14.8 Å². The minimum atomic E-state index is -3.93. The number of hydrogen-bond acceptors (Lipinski definition) is 3. The van der Waals surface area contributed by atoms with Crippen LogP contribution in [0.3, 0.4) is 0 Å². The Morgan fingerprint density at radius 3 is 2.31 bits per heavy atom. The van der Waals surface area contributed by atoms with Gasteiger partial charge in [0.25, 0.3) is 10.0 Å². The molecule has 26 heavy (non-hydrogen) atoms. The van der Waals surface area contributed by atoms with Crippen molar-refractivity contribution < 1.29 is 13.2 Å². The number of carbonyl (C=O) groups excluding carboxylic acids is 1. The third kappa shape index (κ3) is 5.22. The van der Waals surface area contributed by atoms with Crippen molar-refractivity contribution >= 4 is 33.2 Å². The molecule has 0 spiro atoms. The normalized spacial score (nSPS) is 11.4. The monoisotopic (exact) mass is 394 g/mol. The highest BCUT2D eigenvalue weighted by Gasteiger charge is 2.28. The van der Waals surface area contributed by atoms with E-state index < -0.39 is 10.0 Å². The average molecular weight is 395 g/mol. The summed E-state index contributed by atoms with van der Waals surface area (Å²) in [5.41, 5.74) is 0.275. The van der Waals surface area contributed by atoms with E-state index in [0.717, 1.165) is 10.7 Å². The predicted molar refractivity (Wildman–Crippen MR) is 105 cm³/mol. The first kappa shape index (κ1) is 20.3. The summed E-state index contributed by atoms with van der Waals surface area (Å²) in [7, 11) is -3.93. The lowest BCUT2D eigenvalue weighted by Gasteiger charge is -2.25. The molecule has 1 N–H and O–H groups in total. The Kier molecular flexibility index (Phi) is 7.06. The lowest BCUT2D eigenvalue weighted by atomic mass is 10.1. The second kappa shape index (κ2) is 9.05. The Morgan fingerprint density at radius 2 is 1.69 bits per heavy atom. The van der Waals surface area contributed by atoms with Crippen molar-refractivity contribution in [3.8, 4) is 0 Å². The van der Waals surface area contributed by atoms with Crippen LogP contribution in [0.4, 0.5) is 5.69 Å². The number of amides is 1. The minimum absolute atomic E-state index is 0.106. The second-order valence-corrected chi connectivity index (χ2v) is 8.58. The van der Waals surface area contributed by atoms with E-state index in [2.05, 4.69) is 19.2 Å². The molecule has 1 amide bonds. The third-order valence-corrected chi connectivity index (χ3v) is 5.88. The van der Waals surface area contributed by atoms with Gasteiger partial charge >= 0.3 is 0 Å². The fourth-order valence-electron chi connectivity index (χ4n) is 2.36. The average Bonchev–Trinajstić information content (AvgIpc) is 2.61. The molecule has 5 nitrogen and oxygen atoms in total. The summed E-state index contributed by atoms with van der Waals surface area (Å²) >= 11 is 6.20. The van der Waals surface area contributed by atoms with Crippen molar-refractivity contribution in [3.63, 3.8) is 0 Å². The Bertz CT molecular complexity index is 839. The summed E-state index contributed by atoms with van der Waals surface area (Å²) < 4.78 is 27.2. The quantitative estimate of drug-likeness (QED) is 0.742. The van der Waals surface area contributed by atoms with Gasteiger partial charge in [-0.05, 0) is 36.6 Å². The molecule has 0 aliphatic heterocycles. The zero-order valence-electron chi connectivity index (χ0n) is 14.9. The summed E-state index contributed by atoms with van der Waals surface area (Å²) in [5, 5.41) is 3.03. The summed E-state index contributed by atoms with van der Waals surface area (Å²) in [6.07, 6.45) is 0.823. The van der Waals surface area contributed by atoms with E-state index >= 15 is 0 Å². The van der Waals surface area contributed by atoms with Crippen LogP contribution in [0.15, 0.2) is 59.5 Å². The van der Waals surface area contributed by atoms with Gasteiger partial charge in [0.2, 0.25) is 5.91 Å². The van der Waals surface area contributed by atoms with Crippen LogP contribution in [0.5, 0.6) is 0 Å². The van der Waals surface area contributed by atoms with Gasteiger partial charge in [-0.15, -0.1) is 0 Å². The molecule has 0 radical (unpaired) electrons. The number of halogens is 1. The lowest BCUT2D eigenvalue weighted by Crippen LogP contribution is -2.41. The molecule has 2 aromatic carbocycles. The molecule has 0 atom stereocenters. The highest BCUT2D eigenvalue weighted by atomic mass is 35.5. The van der Waals surface area contributed by atoms with E-state index in [1.807, 2.05) is 0 Å². The Balaban J connectivity index is 2.32. The maximum Gasteiger partial charge on any atom is 0.264 e.